The number of fused-ring (bicyclic) bond motifs is 2. The molecule has 0 radical (unpaired) electrons. The van der Waals surface area contributed by atoms with Crippen molar-refractivity contribution in [2.24, 2.45) is 11.8 Å². The van der Waals surface area contributed by atoms with Crippen molar-refractivity contribution in [3.05, 3.63) is 41.1 Å². The van der Waals surface area contributed by atoms with Gasteiger partial charge in [0.15, 0.2) is 0 Å². The minimum Gasteiger partial charge on any atom is -0.466 e. The Labute approximate surface area is 147 Å². The number of nitrogens with zero attached hydrogens (tertiary/aromatic N) is 1. The first-order chi connectivity index (χ1) is 12.1. The highest BCUT2D eigenvalue weighted by Gasteiger charge is 2.63. The van der Waals surface area contributed by atoms with Crippen LogP contribution in [0.2, 0.25) is 0 Å². The van der Waals surface area contributed by atoms with E-state index >= 15 is 0 Å². The fourth-order valence-electron chi connectivity index (χ4n) is 5.98. The van der Waals surface area contributed by atoms with Gasteiger partial charge in [0, 0.05) is 35.8 Å². The predicted octanol–water partition coefficient (Wildman–Crippen LogP) is 1.88. The van der Waals surface area contributed by atoms with Crippen LogP contribution in [-0.2, 0) is 14.9 Å². The Kier molecular flexibility index (Phi) is 3.13. The fourth-order valence-corrected chi connectivity index (χ4v) is 5.98. The third-order valence-electron chi connectivity index (χ3n) is 7.02. The molecule has 3 aliphatic heterocycles. The highest BCUT2D eigenvalue weighted by atomic mass is 16.5. The van der Waals surface area contributed by atoms with Gasteiger partial charge in [0.1, 0.15) is 0 Å². The van der Waals surface area contributed by atoms with Gasteiger partial charge in [0.05, 0.1) is 24.2 Å². The molecule has 0 aromatic heterocycles. The average molecular weight is 340 g/mol. The molecule has 5 heteroatoms. The number of benzene rings is 1. The summed E-state index contributed by atoms with van der Waals surface area (Å²) >= 11 is 0. The molecule has 1 aromatic rings. The summed E-state index contributed by atoms with van der Waals surface area (Å²) in [5, 5.41) is 14.0. The number of ether oxygens (including phenoxy) is 1. The van der Waals surface area contributed by atoms with E-state index in [2.05, 4.69) is 28.4 Å². The van der Waals surface area contributed by atoms with E-state index in [9.17, 15) is 9.90 Å². The van der Waals surface area contributed by atoms with Crippen LogP contribution in [0.4, 0.5) is 5.69 Å². The number of carbonyl (C=O) groups is 1. The van der Waals surface area contributed by atoms with E-state index in [4.69, 9.17) is 4.74 Å². The number of piperidine rings is 1. The average Bonchev–Trinajstić information content (AvgIpc) is 3.17. The number of hydrogen-bond acceptors (Lipinski definition) is 5. The molecule has 2 fully saturated rings. The van der Waals surface area contributed by atoms with E-state index in [1.165, 1.54) is 12.7 Å². The number of para-hydroxylation sites is 1. The second kappa shape index (κ2) is 5.08. The Balaban J connectivity index is 1.78. The summed E-state index contributed by atoms with van der Waals surface area (Å²) in [6.07, 6.45) is 1.49. The normalized spacial score (nSPS) is 36.5. The Morgan fingerprint density at radius 3 is 3.00 bits per heavy atom. The summed E-state index contributed by atoms with van der Waals surface area (Å²) in [5.74, 6) is -0.125. The van der Waals surface area contributed by atoms with Gasteiger partial charge in [-0.1, -0.05) is 18.2 Å². The fraction of sp³-hybridized carbons (Fsp3) is 0.550. The maximum atomic E-state index is 12.8. The third kappa shape index (κ3) is 1.78. The van der Waals surface area contributed by atoms with Gasteiger partial charge in [-0.05, 0) is 37.9 Å². The van der Waals surface area contributed by atoms with Gasteiger partial charge in [-0.2, -0.15) is 0 Å². The summed E-state index contributed by atoms with van der Waals surface area (Å²) in [6, 6.07) is 8.83. The molecule has 2 bridgehead atoms. The Morgan fingerprint density at radius 1 is 1.44 bits per heavy atom. The summed E-state index contributed by atoms with van der Waals surface area (Å²) in [5.41, 5.74) is 4.10. The van der Waals surface area contributed by atoms with E-state index in [0.717, 1.165) is 42.9 Å². The molecule has 1 aliphatic carbocycles. The van der Waals surface area contributed by atoms with Crippen LogP contribution in [0.25, 0.3) is 0 Å². The molecule has 25 heavy (non-hydrogen) atoms. The van der Waals surface area contributed by atoms with Crippen LogP contribution < -0.4 is 5.32 Å². The van der Waals surface area contributed by atoms with Gasteiger partial charge in [-0.25, -0.2) is 4.79 Å². The number of nitrogens with one attached hydrogen (secondary N) is 1. The summed E-state index contributed by atoms with van der Waals surface area (Å²) < 4.78 is 5.19. The molecule has 0 amide bonds. The number of carbonyl (C=O) groups excluding carboxylic acids is 1. The molecule has 5 rings (SSSR count). The minimum atomic E-state index is -0.442. The quantitative estimate of drug-likeness (QED) is 0.805. The van der Waals surface area contributed by atoms with Crippen molar-refractivity contribution in [2.75, 3.05) is 25.5 Å². The van der Waals surface area contributed by atoms with Crippen LogP contribution in [-0.4, -0.2) is 48.3 Å². The lowest BCUT2D eigenvalue weighted by atomic mass is 9.60. The zero-order chi connectivity index (χ0) is 17.3. The number of hydrogen-bond donors (Lipinski definition) is 2. The number of aliphatic hydroxyl groups is 1. The van der Waals surface area contributed by atoms with E-state index in [-0.39, 0.29) is 23.2 Å². The number of esters is 1. The second-order valence-corrected chi connectivity index (χ2v) is 7.93. The van der Waals surface area contributed by atoms with E-state index in [1.807, 2.05) is 13.0 Å². The first-order valence-corrected chi connectivity index (χ1v) is 9.19. The van der Waals surface area contributed by atoms with Gasteiger partial charge in [0.25, 0.3) is 0 Å². The van der Waals surface area contributed by atoms with E-state index in [0.29, 0.717) is 6.04 Å². The maximum absolute atomic E-state index is 12.8. The number of methoxy groups -OCH3 is 1. The van der Waals surface area contributed by atoms with Crippen molar-refractivity contribution in [3.8, 4) is 0 Å². The lowest BCUT2D eigenvalue weighted by Gasteiger charge is -2.51. The van der Waals surface area contributed by atoms with Crippen molar-refractivity contribution in [2.45, 2.75) is 37.3 Å². The highest BCUT2D eigenvalue weighted by Crippen LogP contribution is 2.61. The van der Waals surface area contributed by atoms with Crippen LogP contribution in [0.5, 0.6) is 0 Å². The van der Waals surface area contributed by atoms with Crippen molar-refractivity contribution in [3.63, 3.8) is 0 Å². The van der Waals surface area contributed by atoms with Gasteiger partial charge >= 0.3 is 5.97 Å². The first-order valence-electron chi connectivity index (χ1n) is 9.19. The number of anilines is 1. The minimum absolute atomic E-state index is 0.0525. The maximum Gasteiger partial charge on any atom is 0.335 e. The zero-order valence-electron chi connectivity index (χ0n) is 14.7. The van der Waals surface area contributed by atoms with Gasteiger partial charge in [-0.3, -0.25) is 4.90 Å². The molecule has 2 N–H and O–H groups in total. The van der Waals surface area contributed by atoms with Crippen LogP contribution in [0.15, 0.2) is 35.5 Å². The monoisotopic (exact) mass is 340 g/mol. The molecule has 132 valence electrons. The van der Waals surface area contributed by atoms with E-state index in [1.54, 1.807) is 0 Å². The molecular formula is C20H24N2O3. The number of rotatable bonds is 2. The lowest BCUT2D eigenvalue weighted by Crippen LogP contribution is -2.57. The van der Waals surface area contributed by atoms with Crippen LogP contribution >= 0.6 is 0 Å². The molecule has 4 aliphatic rings. The van der Waals surface area contributed by atoms with Gasteiger partial charge in [0.2, 0.25) is 0 Å². The molecule has 5 nitrogen and oxygen atoms in total. The molecule has 5 atom stereocenters. The molecule has 3 heterocycles. The summed E-state index contributed by atoms with van der Waals surface area (Å²) in [7, 11) is 1.46. The summed E-state index contributed by atoms with van der Waals surface area (Å²) in [6.45, 7) is 3.71. The standard InChI is InChI=1S/C20H24N2O3/c1-11(23)13-10-22-8-7-20-14-5-3-4-6-15(14)21-18(20)17(19(24)25-2)12(13)9-16(20)22/h3-6,11-13,16,21,23H,7-10H2,1-2H3/t11-,12+,13-,16+,20-/m0/s1. The van der Waals surface area contributed by atoms with Gasteiger partial charge in [-0.15, -0.1) is 0 Å². The van der Waals surface area contributed by atoms with Crippen LogP contribution in [0.1, 0.15) is 25.3 Å². The summed E-state index contributed by atoms with van der Waals surface area (Å²) in [4.78, 5) is 15.3. The second-order valence-electron chi connectivity index (χ2n) is 7.93. The van der Waals surface area contributed by atoms with Crippen molar-refractivity contribution >= 4 is 11.7 Å². The molecule has 2 saturated heterocycles. The van der Waals surface area contributed by atoms with Gasteiger partial charge < -0.3 is 15.2 Å². The Morgan fingerprint density at radius 2 is 2.24 bits per heavy atom. The molecule has 1 aromatic carbocycles. The number of aliphatic hydroxyl groups excluding tert-OH is 1. The largest absolute Gasteiger partial charge is 0.466 e. The van der Waals surface area contributed by atoms with Crippen molar-refractivity contribution < 1.29 is 14.6 Å². The third-order valence-corrected chi connectivity index (χ3v) is 7.02. The van der Waals surface area contributed by atoms with Crippen LogP contribution in [0.3, 0.4) is 0 Å². The SMILES string of the molecule is COC(=O)C1=C2Nc3ccccc3[C@]23CCN2C[C@@H]([C@H](C)O)[C@H]1C[C@@H]23. The first kappa shape index (κ1) is 15.4. The highest BCUT2D eigenvalue weighted by molar-refractivity contribution is 5.93. The lowest BCUT2D eigenvalue weighted by molar-refractivity contribution is -0.138. The predicted molar refractivity (Wildman–Crippen MR) is 94.0 cm³/mol. The molecular weight excluding hydrogens is 316 g/mol. The van der Waals surface area contributed by atoms with Crippen LogP contribution in [0, 0.1) is 11.8 Å². The topological polar surface area (TPSA) is 61.8 Å². The zero-order valence-corrected chi connectivity index (χ0v) is 14.7. The molecule has 1 spiro atoms. The Bertz CT molecular complexity index is 787. The smallest absolute Gasteiger partial charge is 0.335 e. The Hall–Kier alpha value is -1.85. The molecule has 0 unspecified atom stereocenters. The van der Waals surface area contributed by atoms with Crippen molar-refractivity contribution in [1.82, 2.24) is 4.90 Å². The molecule has 0 saturated carbocycles. The van der Waals surface area contributed by atoms with Crippen molar-refractivity contribution in [1.29, 1.82) is 0 Å². The van der Waals surface area contributed by atoms with E-state index < -0.39 is 6.10 Å².